The van der Waals surface area contributed by atoms with Crippen LogP contribution in [0, 0.1) is 17.8 Å². The smallest absolute Gasteiger partial charge is 0.416 e. The van der Waals surface area contributed by atoms with Gasteiger partial charge in [-0.3, -0.25) is 14.6 Å². The van der Waals surface area contributed by atoms with Gasteiger partial charge in [-0.2, -0.15) is 26.3 Å². The van der Waals surface area contributed by atoms with E-state index in [4.69, 9.17) is 4.43 Å². The fraction of sp³-hybridized carbons (Fsp3) is 0.300. The first kappa shape index (κ1) is 47.1. The third-order valence-electron chi connectivity index (χ3n) is 12.4. The van der Waals surface area contributed by atoms with Crippen LogP contribution in [0.15, 0.2) is 139 Å². The van der Waals surface area contributed by atoms with E-state index in [-0.39, 0.29) is 43.3 Å². The largest absolute Gasteiger partial charge is 0.507 e. The highest BCUT2D eigenvalue weighted by molar-refractivity contribution is 6.99. The second-order valence-corrected chi connectivity index (χ2v) is 21.7. The minimum absolute atomic E-state index is 0.00251. The van der Waals surface area contributed by atoms with E-state index in [0.29, 0.717) is 39.4 Å². The Labute approximate surface area is 373 Å². The fourth-order valence-corrected chi connectivity index (χ4v) is 14.0. The number of amides is 2. The summed E-state index contributed by atoms with van der Waals surface area (Å²) < 4.78 is 91.6. The number of pyridine rings is 1. The molecular weight excluding hydrogens is 867 g/mol. The van der Waals surface area contributed by atoms with Crippen LogP contribution >= 0.6 is 0 Å². The average Bonchev–Trinajstić information content (AvgIpc) is 3.53. The Hall–Kier alpha value is -5.87. The summed E-state index contributed by atoms with van der Waals surface area (Å²) in [5.74, 6) is -6.21. The number of benzene rings is 4. The molecular formula is C50H48F6N2O6Si. The van der Waals surface area contributed by atoms with Gasteiger partial charge < -0.3 is 19.7 Å². The Morgan fingerprint density at radius 2 is 1.38 bits per heavy atom. The zero-order chi connectivity index (χ0) is 46.9. The van der Waals surface area contributed by atoms with Crippen LogP contribution in [0.5, 0.6) is 5.75 Å². The number of hydrogen-bond acceptors (Lipinski definition) is 7. The van der Waals surface area contributed by atoms with Crippen LogP contribution in [0.3, 0.4) is 0 Å². The molecule has 2 amide bonds. The van der Waals surface area contributed by atoms with Crippen molar-refractivity contribution < 1.29 is 55.7 Å². The van der Waals surface area contributed by atoms with Gasteiger partial charge in [-0.1, -0.05) is 106 Å². The third-order valence-corrected chi connectivity index (χ3v) is 17.4. The number of aromatic nitrogens is 1. The lowest BCUT2D eigenvalue weighted by atomic mass is 9.68. The molecule has 0 spiro atoms. The number of aromatic hydroxyl groups is 1. The standard InChI is InChI=1S/C50H48F6N2O6Si/c1-48(2,3)65(37-15-6-4-7-16-37,38-17-8-5-9-18-38)64-30-33-25-39-45(47(63)58(46(39)62)36-27-34(49(51,52)53)26-35(28-36)50(54,55)56)40(29-59)44(33)43(61)22-21-31(41-19-12-13-23-57-41)24-32-14-10-11-20-42(32)60/h4-20,23-24,26-28,39-40,43,45,59-61H,21-22,25,29-30H2,1-3H3/b31-24-/t39-,40+,43-,45-/m1/s1. The summed E-state index contributed by atoms with van der Waals surface area (Å²) in [4.78, 5) is 33.8. The second-order valence-electron chi connectivity index (χ2n) is 17.4. The lowest BCUT2D eigenvalue weighted by Crippen LogP contribution is -2.66. The SMILES string of the molecule is CC(C)(C)[Si](OCC1=C([C@H](O)CC/C(=C/c2ccccc2O)c2ccccn2)[C@H](CO)[C@@H]2C(=O)N(c3cc(C(F)(F)F)cc(C(F)(F)F)c3)C(=O)[C@@H]2C1)(c1ccccc1)c1ccccc1. The maximum Gasteiger partial charge on any atom is 0.416 e. The van der Waals surface area contributed by atoms with Gasteiger partial charge in [0, 0.05) is 17.7 Å². The molecule has 1 saturated heterocycles. The minimum atomic E-state index is -5.26. The lowest BCUT2D eigenvalue weighted by Gasteiger charge is -2.44. The van der Waals surface area contributed by atoms with Crippen molar-refractivity contribution in [2.75, 3.05) is 18.1 Å². The lowest BCUT2D eigenvalue weighted by molar-refractivity contribution is -0.143. The molecule has 1 aliphatic carbocycles. The molecule has 4 aromatic carbocycles. The Morgan fingerprint density at radius 3 is 1.91 bits per heavy atom. The summed E-state index contributed by atoms with van der Waals surface area (Å²) in [5.41, 5.74) is -2.11. The molecule has 5 aromatic rings. The molecule has 8 nitrogen and oxygen atoms in total. The Bertz CT molecular complexity index is 2510. The molecule has 65 heavy (non-hydrogen) atoms. The maximum absolute atomic E-state index is 14.5. The molecule has 1 fully saturated rings. The first-order valence-corrected chi connectivity index (χ1v) is 23.0. The highest BCUT2D eigenvalue weighted by Crippen LogP contribution is 2.49. The number of phenols is 1. The monoisotopic (exact) mass is 914 g/mol. The molecule has 3 N–H and O–H groups in total. The summed E-state index contributed by atoms with van der Waals surface area (Å²) in [5, 5.41) is 35.6. The van der Waals surface area contributed by atoms with Crippen molar-refractivity contribution in [3.05, 3.63) is 161 Å². The number of aliphatic hydroxyl groups is 2. The van der Waals surface area contributed by atoms with Crippen molar-refractivity contribution in [3.63, 3.8) is 0 Å². The van der Waals surface area contributed by atoms with Crippen LogP contribution in [0.25, 0.3) is 11.6 Å². The van der Waals surface area contributed by atoms with E-state index in [1.54, 1.807) is 48.7 Å². The van der Waals surface area contributed by atoms with Crippen LogP contribution in [0.2, 0.25) is 5.04 Å². The van der Waals surface area contributed by atoms with Crippen LogP contribution in [-0.2, 0) is 26.4 Å². The molecule has 1 aromatic heterocycles. The number of halogens is 6. The number of hydrogen-bond donors (Lipinski definition) is 3. The molecule has 0 radical (unpaired) electrons. The van der Waals surface area contributed by atoms with Gasteiger partial charge in [-0.05, 0) is 93.9 Å². The van der Waals surface area contributed by atoms with Crippen LogP contribution < -0.4 is 15.3 Å². The number of carbonyl (C=O) groups is 2. The third kappa shape index (κ3) is 9.46. The van der Waals surface area contributed by atoms with Crippen molar-refractivity contribution in [1.82, 2.24) is 4.98 Å². The van der Waals surface area contributed by atoms with Crippen LogP contribution in [0.4, 0.5) is 32.0 Å². The first-order chi connectivity index (χ1) is 30.8. The minimum Gasteiger partial charge on any atom is -0.507 e. The van der Waals surface area contributed by atoms with Crippen molar-refractivity contribution in [2.45, 2.75) is 63.5 Å². The van der Waals surface area contributed by atoms with Gasteiger partial charge in [0.2, 0.25) is 11.8 Å². The number of imide groups is 1. The zero-order valence-corrected chi connectivity index (χ0v) is 36.8. The summed E-state index contributed by atoms with van der Waals surface area (Å²) in [7, 11) is -3.33. The molecule has 7 rings (SSSR count). The van der Waals surface area contributed by atoms with Crippen molar-refractivity contribution in [2.24, 2.45) is 17.8 Å². The van der Waals surface area contributed by atoms with Crippen LogP contribution in [0.1, 0.15) is 62.4 Å². The number of aliphatic hydroxyl groups excluding tert-OH is 2. The number of rotatable bonds is 13. The number of fused-ring (bicyclic) bond motifs is 1. The number of anilines is 1. The van der Waals surface area contributed by atoms with Crippen molar-refractivity contribution in [1.29, 1.82) is 0 Å². The van der Waals surface area contributed by atoms with Gasteiger partial charge in [-0.25, -0.2) is 4.90 Å². The van der Waals surface area contributed by atoms with E-state index >= 15 is 0 Å². The van der Waals surface area contributed by atoms with Gasteiger partial charge in [0.1, 0.15) is 5.75 Å². The summed E-state index contributed by atoms with van der Waals surface area (Å²) in [6.07, 6.45) is -8.74. The topological polar surface area (TPSA) is 120 Å². The average molecular weight is 915 g/mol. The van der Waals surface area contributed by atoms with E-state index in [1.807, 2.05) is 81.4 Å². The molecule has 4 atom stereocenters. The number of para-hydroxylation sites is 1. The molecule has 340 valence electrons. The van der Waals surface area contributed by atoms with E-state index in [2.05, 4.69) is 4.98 Å². The van der Waals surface area contributed by atoms with E-state index in [0.717, 1.165) is 10.4 Å². The normalized spacial score (nSPS) is 19.2. The maximum atomic E-state index is 14.5. The van der Waals surface area contributed by atoms with Crippen molar-refractivity contribution >= 4 is 47.8 Å². The number of carbonyl (C=O) groups excluding carboxylic acids is 2. The summed E-state index contributed by atoms with van der Waals surface area (Å²) in [6, 6.07) is 31.7. The van der Waals surface area contributed by atoms with Crippen LogP contribution in [-0.4, -0.2) is 59.8 Å². The highest BCUT2D eigenvalue weighted by Gasteiger charge is 2.57. The quantitative estimate of drug-likeness (QED) is 0.0467. The van der Waals surface area contributed by atoms with E-state index in [1.165, 1.54) is 6.07 Å². The number of allylic oxidation sites excluding steroid dienone is 1. The number of phenolic OH excluding ortho intramolecular Hbond substituents is 1. The van der Waals surface area contributed by atoms with Gasteiger partial charge in [0.25, 0.3) is 8.32 Å². The van der Waals surface area contributed by atoms with Gasteiger partial charge in [0.05, 0.1) is 53.7 Å². The summed E-state index contributed by atoms with van der Waals surface area (Å²) >= 11 is 0. The fourth-order valence-electron chi connectivity index (χ4n) is 9.44. The Kier molecular flexibility index (Phi) is 13.4. The predicted molar refractivity (Wildman–Crippen MR) is 237 cm³/mol. The first-order valence-electron chi connectivity index (χ1n) is 21.1. The molecule has 0 saturated carbocycles. The molecule has 1 aliphatic heterocycles. The molecule has 0 unspecified atom stereocenters. The van der Waals surface area contributed by atoms with Gasteiger partial charge >= 0.3 is 12.4 Å². The van der Waals surface area contributed by atoms with E-state index in [9.17, 15) is 51.3 Å². The van der Waals surface area contributed by atoms with Gasteiger partial charge in [-0.15, -0.1) is 0 Å². The zero-order valence-electron chi connectivity index (χ0n) is 35.8. The molecule has 2 heterocycles. The van der Waals surface area contributed by atoms with Crippen molar-refractivity contribution in [3.8, 4) is 5.75 Å². The number of alkyl halides is 6. The highest BCUT2D eigenvalue weighted by atomic mass is 28.4. The number of nitrogens with zero attached hydrogens (tertiary/aromatic N) is 2. The second kappa shape index (κ2) is 18.5. The molecule has 15 heteroatoms. The summed E-state index contributed by atoms with van der Waals surface area (Å²) in [6.45, 7) is 5.14. The Morgan fingerprint density at radius 1 is 0.815 bits per heavy atom. The predicted octanol–water partition coefficient (Wildman–Crippen LogP) is 9.20. The molecule has 2 aliphatic rings. The Balaban J connectivity index is 1.35. The van der Waals surface area contributed by atoms with E-state index < -0.39 is 84.8 Å². The van der Waals surface area contributed by atoms with Gasteiger partial charge in [0.15, 0.2) is 0 Å². The molecule has 0 bridgehead atoms.